The molecule has 0 unspecified atom stereocenters. The van der Waals surface area contributed by atoms with Gasteiger partial charge in [-0.15, -0.1) is 0 Å². The number of nitrogens with zero attached hydrogens (tertiary/aromatic N) is 2. The SMILES string of the molecule is CCN1CCN(CC)C(=O)c2ccc(cc2)C1=O. The van der Waals surface area contributed by atoms with E-state index in [1.165, 1.54) is 0 Å². The molecule has 3 rings (SSSR count). The quantitative estimate of drug-likeness (QED) is 0.795. The highest BCUT2D eigenvalue weighted by molar-refractivity contribution is 5.98. The van der Waals surface area contributed by atoms with E-state index in [0.29, 0.717) is 37.3 Å². The molecule has 2 aliphatic rings. The first-order chi connectivity index (χ1) is 8.67. The normalized spacial score (nSPS) is 16.3. The number of carbonyl (C=O) groups excluding carboxylic acids is 2. The summed E-state index contributed by atoms with van der Waals surface area (Å²) in [5.41, 5.74) is 1.30. The zero-order valence-corrected chi connectivity index (χ0v) is 10.8. The van der Waals surface area contributed by atoms with Gasteiger partial charge in [0.2, 0.25) is 0 Å². The molecule has 0 aromatic heterocycles. The fraction of sp³-hybridized carbons (Fsp3) is 0.429. The molecule has 2 aliphatic heterocycles. The number of amides is 2. The molecular weight excluding hydrogens is 228 g/mol. The van der Waals surface area contributed by atoms with Crippen LogP contribution < -0.4 is 0 Å². The molecule has 4 heteroatoms. The molecule has 1 aromatic rings. The second-order valence-electron chi connectivity index (χ2n) is 4.35. The van der Waals surface area contributed by atoms with E-state index in [1.807, 2.05) is 13.8 Å². The van der Waals surface area contributed by atoms with Crippen LogP contribution in [0.1, 0.15) is 34.6 Å². The molecule has 96 valence electrons. The van der Waals surface area contributed by atoms with Gasteiger partial charge in [0, 0.05) is 37.3 Å². The number of hydrogen-bond donors (Lipinski definition) is 0. The van der Waals surface area contributed by atoms with E-state index in [0.717, 1.165) is 0 Å². The fourth-order valence-corrected chi connectivity index (χ4v) is 2.17. The number of likely N-dealkylation sites (N-methyl/N-ethyl adjacent to an activating group) is 2. The number of hydrogen-bond acceptors (Lipinski definition) is 2. The van der Waals surface area contributed by atoms with Crippen molar-refractivity contribution in [2.45, 2.75) is 13.8 Å². The summed E-state index contributed by atoms with van der Waals surface area (Å²) in [6.45, 7) is 6.41. The smallest absolute Gasteiger partial charge is 0.253 e. The molecule has 0 saturated carbocycles. The molecule has 4 nitrogen and oxygen atoms in total. The summed E-state index contributed by atoms with van der Waals surface area (Å²) in [5, 5.41) is 0. The van der Waals surface area contributed by atoms with Crippen molar-refractivity contribution in [3.63, 3.8) is 0 Å². The third kappa shape index (κ3) is 2.23. The average Bonchev–Trinajstić information content (AvgIpc) is 2.42. The summed E-state index contributed by atoms with van der Waals surface area (Å²) in [6.07, 6.45) is 0. The van der Waals surface area contributed by atoms with Gasteiger partial charge in [0.25, 0.3) is 11.8 Å². The lowest BCUT2D eigenvalue weighted by Gasteiger charge is -2.28. The van der Waals surface area contributed by atoms with E-state index >= 15 is 0 Å². The van der Waals surface area contributed by atoms with Crippen LogP contribution in [0.4, 0.5) is 0 Å². The van der Waals surface area contributed by atoms with Gasteiger partial charge in [0.15, 0.2) is 0 Å². The average molecular weight is 246 g/mol. The molecule has 0 fully saturated rings. The first-order valence-corrected chi connectivity index (χ1v) is 6.36. The minimum atomic E-state index is 0.0365. The Balaban J connectivity index is 2.41. The van der Waals surface area contributed by atoms with Gasteiger partial charge in [-0.3, -0.25) is 9.59 Å². The molecule has 2 bridgehead atoms. The van der Waals surface area contributed by atoms with Crippen molar-refractivity contribution in [2.24, 2.45) is 0 Å². The van der Waals surface area contributed by atoms with Gasteiger partial charge in [0.1, 0.15) is 0 Å². The van der Waals surface area contributed by atoms with E-state index in [4.69, 9.17) is 0 Å². The van der Waals surface area contributed by atoms with Crippen molar-refractivity contribution in [2.75, 3.05) is 26.2 Å². The first kappa shape index (κ1) is 12.6. The van der Waals surface area contributed by atoms with Crippen molar-refractivity contribution < 1.29 is 9.59 Å². The maximum atomic E-state index is 12.2. The summed E-state index contributed by atoms with van der Waals surface area (Å²) in [4.78, 5) is 27.9. The van der Waals surface area contributed by atoms with Crippen molar-refractivity contribution >= 4 is 11.8 Å². The monoisotopic (exact) mass is 246 g/mol. The van der Waals surface area contributed by atoms with Gasteiger partial charge in [-0.1, -0.05) is 0 Å². The lowest BCUT2D eigenvalue weighted by Crippen LogP contribution is -2.41. The molecule has 2 heterocycles. The molecule has 2 amide bonds. The number of rotatable bonds is 2. The topological polar surface area (TPSA) is 40.6 Å². The van der Waals surface area contributed by atoms with E-state index < -0.39 is 0 Å². The summed E-state index contributed by atoms with van der Waals surface area (Å²) in [5.74, 6) is 0.0731. The third-order valence-corrected chi connectivity index (χ3v) is 3.36. The van der Waals surface area contributed by atoms with Gasteiger partial charge >= 0.3 is 0 Å². The van der Waals surface area contributed by atoms with Crippen LogP contribution in [0.3, 0.4) is 0 Å². The minimum absolute atomic E-state index is 0.0365. The summed E-state index contributed by atoms with van der Waals surface area (Å²) in [7, 11) is 0. The van der Waals surface area contributed by atoms with Gasteiger partial charge in [0.05, 0.1) is 0 Å². The fourth-order valence-electron chi connectivity index (χ4n) is 2.17. The molecule has 0 spiro atoms. The van der Waals surface area contributed by atoms with Crippen LogP contribution in [0.25, 0.3) is 0 Å². The first-order valence-electron chi connectivity index (χ1n) is 6.36. The van der Waals surface area contributed by atoms with Crippen molar-refractivity contribution in [3.05, 3.63) is 35.4 Å². The largest absolute Gasteiger partial charge is 0.337 e. The highest BCUT2D eigenvalue weighted by Gasteiger charge is 2.21. The van der Waals surface area contributed by atoms with Crippen LogP contribution >= 0.6 is 0 Å². The summed E-state index contributed by atoms with van der Waals surface area (Å²) >= 11 is 0. The van der Waals surface area contributed by atoms with E-state index in [2.05, 4.69) is 0 Å². The standard InChI is InChI=1S/C14H18N2O2/c1-3-15-9-10-16(4-2)14(18)12-7-5-11(6-8-12)13(15)17/h5-8H,3-4,9-10H2,1-2H3. The predicted octanol–water partition coefficient (Wildman–Crippen LogP) is 1.62. The highest BCUT2D eigenvalue weighted by Crippen LogP contribution is 2.12. The lowest BCUT2D eigenvalue weighted by atomic mass is 10.1. The Morgan fingerprint density at radius 1 is 0.833 bits per heavy atom. The molecule has 18 heavy (non-hydrogen) atoms. The molecule has 0 radical (unpaired) electrons. The van der Waals surface area contributed by atoms with Crippen molar-refractivity contribution in [1.29, 1.82) is 0 Å². The Hall–Kier alpha value is -1.84. The highest BCUT2D eigenvalue weighted by atomic mass is 16.2. The third-order valence-electron chi connectivity index (χ3n) is 3.36. The maximum Gasteiger partial charge on any atom is 0.253 e. The summed E-state index contributed by atoms with van der Waals surface area (Å²) < 4.78 is 0. The number of benzene rings is 1. The van der Waals surface area contributed by atoms with Crippen LogP contribution in [0, 0.1) is 0 Å². The number of fused-ring (bicyclic) bond motifs is 7. The second kappa shape index (κ2) is 5.21. The Morgan fingerprint density at radius 3 is 1.44 bits per heavy atom. The Labute approximate surface area is 107 Å². The zero-order valence-electron chi connectivity index (χ0n) is 10.8. The molecular formula is C14H18N2O2. The minimum Gasteiger partial charge on any atom is -0.337 e. The Morgan fingerprint density at radius 2 is 1.17 bits per heavy atom. The van der Waals surface area contributed by atoms with Crippen molar-refractivity contribution in [3.8, 4) is 0 Å². The molecule has 0 N–H and O–H groups in total. The Bertz CT molecular complexity index is 410. The van der Waals surface area contributed by atoms with Gasteiger partial charge in [-0.2, -0.15) is 0 Å². The van der Waals surface area contributed by atoms with Crippen LogP contribution in [0.15, 0.2) is 24.3 Å². The molecule has 0 aliphatic carbocycles. The predicted molar refractivity (Wildman–Crippen MR) is 69.6 cm³/mol. The zero-order chi connectivity index (χ0) is 13.1. The summed E-state index contributed by atoms with van der Waals surface area (Å²) in [6, 6.07) is 6.93. The van der Waals surface area contributed by atoms with Gasteiger partial charge in [-0.25, -0.2) is 0 Å². The van der Waals surface area contributed by atoms with Crippen LogP contribution in [-0.2, 0) is 0 Å². The van der Waals surface area contributed by atoms with E-state index in [-0.39, 0.29) is 11.8 Å². The lowest BCUT2D eigenvalue weighted by molar-refractivity contribution is 0.0670. The van der Waals surface area contributed by atoms with Gasteiger partial charge in [-0.05, 0) is 38.1 Å². The van der Waals surface area contributed by atoms with Crippen molar-refractivity contribution in [1.82, 2.24) is 9.80 Å². The van der Waals surface area contributed by atoms with Gasteiger partial charge < -0.3 is 9.80 Å². The van der Waals surface area contributed by atoms with Crippen LogP contribution in [0.2, 0.25) is 0 Å². The molecule has 1 aromatic carbocycles. The molecule has 0 saturated heterocycles. The van der Waals surface area contributed by atoms with Crippen LogP contribution in [0.5, 0.6) is 0 Å². The van der Waals surface area contributed by atoms with E-state index in [9.17, 15) is 9.59 Å². The molecule has 0 atom stereocenters. The number of carbonyl (C=O) groups is 2. The van der Waals surface area contributed by atoms with E-state index in [1.54, 1.807) is 34.1 Å². The second-order valence-corrected chi connectivity index (χ2v) is 4.35. The maximum absolute atomic E-state index is 12.2. The Kier molecular flexibility index (Phi) is 3.65. The van der Waals surface area contributed by atoms with Crippen LogP contribution in [-0.4, -0.2) is 47.8 Å².